The molecule has 5 nitrogen and oxygen atoms in total. The average molecular weight is 272 g/mol. The lowest BCUT2D eigenvalue weighted by molar-refractivity contribution is -0.134. The van der Waals surface area contributed by atoms with Crippen LogP contribution in [-0.2, 0) is 9.59 Å². The molecule has 0 aromatic carbocycles. The van der Waals surface area contributed by atoms with Gasteiger partial charge in [0.25, 0.3) is 0 Å². The maximum Gasteiger partial charge on any atom is 0.234 e. The molecule has 1 unspecified atom stereocenters. The Hall–Kier alpha value is -1.20. The molecule has 1 atom stereocenters. The topological polar surface area (TPSA) is 92.4 Å². The van der Waals surface area contributed by atoms with Crippen LogP contribution in [0.5, 0.6) is 0 Å². The molecule has 0 saturated carbocycles. The normalized spacial score (nSPS) is 12.2. The SMILES string of the molecule is C=CC(C)C(C)C.CC(C)(O)C(=O)CNC(=O)CN. The quantitative estimate of drug-likeness (QED) is 0.625. The van der Waals surface area contributed by atoms with E-state index < -0.39 is 17.3 Å². The van der Waals surface area contributed by atoms with Gasteiger partial charge in [-0.25, -0.2) is 0 Å². The number of nitrogens with one attached hydrogen (secondary N) is 1. The molecule has 0 aromatic rings. The highest BCUT2D eigenvalue weighted by molar-refractivity contribution is 5.91. The van der Waals surface area contributed by atoms with E-state index in [1.54, 1.807) is 0 Å². The fraction of sp³-hybridized carbons (Fsp3) is 0.714. The van der Waals surface area contributed by atoms with Crippen molar-refractivity contribution in [2.45, 2.75) is 40.2 Å². The second kappa shape index (κ2) is 9.69. The number of hydrogen-bond donors (Lipinski definition) is 3. The minimum atomic E-state index is -1.40. The van der Waals surface area contributed by atoms with Gasteiger partial charge in [0, 0.05) is 0 Å². The monoisotopic (exact) mass is 272 g/mol. The van der Waals surface area contributed by atoms with Crippen molar-refractivity contribution >= 4 is 11.7 Å². The summed E-state index contributed by atoms with van der Waals surface area (Å²) >= 11 is 0. The molecule has 112 valence electrons. The number of Topliss-reactive ketones (excluding diaryl/α,β-unsaturated/α-hetero) is 1. The molecule has 0 aliphatic heterocycles. The summed E-state index contributed by atoms with van der Waals surface area (Å²) in [7, 11) is 0. The molecule has 0 aliphatic carbocycles. The molecule has 1 amide bonds. The Bertz CT molecular complexity index is 294. The van der Waals surface area contributed by atoms with E-state index >= 15 is 0 Å². The Labute approximate surface area is 116 Å². The van der Waals surface area contributed by atoms with Crippen LogP contribution < -0.4 is 11.1 Å². The van der Waals surface area contributed by atoms with Gasteiger partial charge in [0.2, 0.25) is 5.91 Å². The molecule has 0 heterocycles. The van der Waals surface area contributed by atoms with Gasteiger partial charge in [-0.05, 0) is 25.7 Å². The number of carbonyl (C=O) groups is 2. The summed E-state index contributed by atoms with van der Waals surface area (Å²) in [6.45, 7) is 12.7. The molecule has 0 radical (unpaired) electrons. The van der Waals surface area contributed by atoms with Crippen LogP contribution in [0.4, 0.5) is 0 Å². The summed E-state index contributed by atoms with van der Waals surface area (Å²) < 4.78 is 0. The zero-order valence-electron chi connectivity index (χ0n) is 12.7. The molecule has 0 rings (SSSR count). The third-order valence-corrected chi connectivity index (χ3v) is 2.74. The highest BCUT2D eigenvalue weighted by Gasteiger charge is 2.23. The second-order valence-electron chi connectivity index (χ2n) is 5.30. The lowest BCUT2D eigenvalue weighted by Gasteiger charge is -2.15. The molecule has 0 aliphatic rings. The van der Waals surface area contributed by atoms with Crippen LogP contribution in [-0.4, -0.2) is 35.5 Å². The number of nitrogens with two attached hydrogens (primary N) is 1. The van der Waals surface area contributed by atoms with Crippen LogP contribution in [0.2, 0.25) is 0 Å². The predicted octanol–water partition coefficient (Wildman–Crippen LogP) is 0.866. The Kier molecular flexibility index (Phi) is 10.3. The van der Waals surface area contributed by atoms with Gasteiger partial charge < -0.3 is 16.2 Å². The van der Waals surface area contributed by atoms with E-state index in [0.717, 1.165) is 5.92 Å². The van der Waals surface area contributed by atoms with Crippen LogP contribution in [0.25, 0.3) is 0 Å². The lowest BCUT2D eigenvalue weighted by atomic mass is 9.99. The molecule has 4 N–H and O–H groups in total. The van der Waals surface area contributed by atoms with Gasteiger partial charge in [-0.2, -0.15) is 0 Å². The molecule has 0 bridgehead atoms. The molecular weight excluding hydrogens is 244 g/mol. The van der Waals surface area contributed by atoms with E-state index in [4.69, 9.17) is 10.8 Å². The Balaban J connectivity index is 0. The van der Waals surface area contributed by atoms with Gasteiger partial charge in [0.15, 0.2) is 5.78 Å². The molecule has 0 aromatic heterocycles. The third kappa shape index (κ3) is 11.6. The van der Waals surface area contributed by atoms with Crippen LogP contribution in [0.1, 0.15) is 34.6 Å². The average Bonchev–Trinajstić information content (AvgIpc) is 2.33. The molecule has 0 spiro atoms. The van der Waals surface area contributed by atoms with E-state index in [1.165, 1.54) is 13.8 Å². The van der Waals surface area contributed by atoms with Crippen LogP contribution in [0.3, 0.4) is 0 Å². The zero-order chi connectivity index (χ0) is 15.6. The number of amides is 1. The van der Waals surface area contributed by atoms with Crippen molar-refractivity contribution in [3.05, 3.63) is 12.7 Å². The highest BCUT2D eigenvalue weighted by atomic mass is 16.3. The van der Waals surface area contributed by atoms with Gasteiger partial charge in [-0.1, -0.05) is 26.8 Å². The Morgan fingerprint density at radius 3 is 2.05 bits per heavy atom. The summed E-state index contributed by atoms with van der Waals surface area (Å²) in [5.74, 6) is 0.564. The first-order chi connectivity index (χ1) is 8.56. The Morgan fingerprint density at radius 1 is 1.37 bits per heavy atom. The van der Waals surface area contributed by atoms with E-state index in [0.29, 0.717) is 5.92 Å². The number of aliphatic hydroxyl groups is 1. The first kappa shape index (κ1) is 20.1. The predicted molar refractivity (Wildman–Crippen MR) is 77.6 cm³/mol. The smallest absolute Gasteiger partial charge is 0.234 e. The van der Waals surface area contributed by atoms with Crippen molar-refractivity contribution in [2.75, 3.05) is 13.1 Å². The molecule has 5 heteroatoms. The number of hydrogen-bond acceptors (Lipinski definition) is 4. The molecule has 0 saturated heterocycles. The summed E-state index contributed by atoms with van der Waals surface area (Å²) in [6, 6.07) is 0. The van der Waals surface area contributed by atoms with Crippen molar-refractivity contribution in [3.8, 4) is 0 Å². The standard InChI is InChI=1S/C7H14N2O3.C7H14/c1-7(2,12)5(10)4-9-6(11)3-8;1-5-7(4)6(2)3/h12H,3-4,8H2,1-2H3,(H,9,11);5-7H,1H2,2-4H3. The third-order valence-electron chi connectivity index (χ3n) is 2.74. The minimum absolute atomic E-state index is 0.154. The maximum absolute atomic E-state index is 11.0. The second-order valence-corrected chi connectivity index (χ2v) is 5.30. The van der Waals surface area contributed by atoms with Crippen molar-refractivity contribution in [1.29, 1.82) is 0 Å². The van der Waals surface area contributed by atoms with Crippen LogP contribution in [0.15, 0.2) is 12.7 Å². The van der Waals surface area contributed by atoms with Crippen molar-refractivity contribution in [2.24, 2.45) is 17.6 Å². The zero-order valence-corrected chi connectivity index (χ0v) is 12.7. The minimum Gasteiger partial charge on any atom is -0.383 e. The van der Waals surface area contributed by atoms with Crippen molar-refractivity contribution in [3.63, 3.8) is 0 Å². The number of ketones is 1. The fourth-order valence-corrected chi connectivity index (χ4v) is 0.740. The van der Waals surface area contributed by atoms with E-state index in [-0.39, 0.29) is 13.1 Å². The summed E-state index contributed by atoms with van der Waals surface area (Å²) in [5.41, 5.74) is 3.58. The maximum atomic E-state index is 11.0. The van der Waals surface area contributed by atoms with E-state index in [9.17, 15) is 9.59 Å². The van der Waals surface area contributed by atoms with Gasteiger partial charge >= 0.3 is 0 Å². The van der Waals surface area contributed by atoms with Gasteiger partial charge in [-0.3, -0.25) is 9.59 Å². The summed E-state index contributed by atoms with van der Waals surface area (Å²) in [4.78, 5) is 21.6. The Morgan fingerprint density at radius 2 is 1.84 bits per heavy atom. The van der Waals surface area contributed by atoms with Crippen LogP contribution in [0, 0.1) is 11.8 Å². The molecule has 0 fully saturated rings. The highest BCUT2D eigenvalue weighted by Crippen LogP contribution is 2.08. The van der Waals surface area contributed by atoms with Gasteiger partial charge in [0.1, 0.15) is 5.60 Å². The first-order valence-electron chi connectivity index (χ1n) is 6.41. The number of rotatable bonds is 6. The van der Waals surface area contributed by atoms with Crippen molar-refractivity contribution < 1.29 is 14.7 Å². The summed E-state index contributed by atoms with van der Waals surface area (Å²) in [6.07, 6.45) is 1.99. The van der Waals surface area contributed by atoms with Crippen LogP contribution >= 0.6 is 0 Å². The first-order valence-corrected chi connectivity index (χ1v) is 6.41. The number of carbonyl (C=O) groups excluding carboxylic acids is 2. The van der Waals surface area contributed by atoms with E-state index in [1.807, 2.05) is 6.08 Å². The largest absolute Gasteiger partial charge is 0.383 e. The van der Waals surface area contributed by atoms with Crippen molar-refractivity contribution in [1.82, 2.24) is 5.32 Å². The fourth-order valence-electron chi connectivity index (χ4n) is 0.740. The van der Waals surface area contributed by atoms with E-state index in [2.05, 4.69) is 32.7 Å². The molecular formula is C14H28N2O3. The lowest BCUT2D eigenvalue weighted by Crippen LogP contribution is -2.42. The molecule has 19 heavy (non-hydrogen) atoms. The number of allylic oxidation sites excluding steroid dienone is 1. The summed E-state index contributed by atoms with van der Waals surface area (Å²) in [5, 5.41) is 11.4. The van der Waals surface area contributed by atoms with Gasteiger partial charge in [0.05, 0.1) is 13.1 Å². The van der Waals surface area contributed by atoms with Gasteiger partial charge in [-0.15, -0.1) is 6.58 Å².